The van der Waals surface area contributed by atoms with Gasteiger partial charge in [0.15, 0.2) is 0 Å². The Balaban J connectivity index is 1.33. The molecule has 0 aromatic heterocycles. The van der Waals surface area contributed by atoms with E-state index in [9.17, 15) is 14.4 Å². The van der Waals surface area contributed by atoms with Gasteiger partial charge in [-0.25, -0.2) is 4.79 Å². The summed E-state index contributed by atoms with van der Waals surface area (Å²) in [6, 6.07) is 32.2. The van der Waals surface area contributed by atoms with E-state index in [1.54, 1.807) is 9.80 Å². The highest BCUT2D eigenvalue weighted by molar-refractivity contribution is 6.05. The van der Waals surface area contributed by atoms with Gasteiger partial charge < -0.3 is 20.3 Å². The van der Waals surface area contributed by atoms with E-state index in [1.807, 2.05) is 123 Å². The molecule has 0 spiro atoms. The summed E-state index contributed by atoms with van der Waals surface area (Å²) in [6.07, 6.45) is 0.323. The number of urea groups is 1. The summed E-state index contributed by atoms with van der Waals surface area (Å²) in [4.78, 5) is 44.8. The van der Waals surface area contributed by atoms with Crippen molar-refractivity contribution < 1.29 is 19.1 Å². The second kappa shape index (κ2) is 12.5. The van der Waals surface area contributed by atoms with E-state index in [2.05, 4.69) is 10.6 Å². The molecule has 2 N–H and O–H groups in total. The van der Waals surface area contributed by atoms with Crippen LogP contribution in [0, 0.1) is 6.92 Å². The van der Waals surface area contributed by atoms with Crippen molar-refractivity contribution in [1.82, 2.24) is 15.1 Å². The van der Waals surface area contributed by atoms with Crippen LogP contribution in [0.5, 0.6) is 11.5 Å². The van der Waals surface area contributed by atoms with Crippen molar-refractivity contribution in [2.24, 2.45) is 0 Å². The zero-order chi connectivity index (χ0) is 30.6. The average molecular weight is 587 g/mol. The molecule has 8 heteroatoms. The highest BCUT2D eigenvalue weighted by atomic mass is 16.5. The van der Waals surface area contributed by atoms with E-state index in [0.29, 0.717) is 47.0 Å². The van der Waals surface area contributed by atoms with Crippen LogP contribution >= 0.6 is 0 Å². The maximum absolute atomic E-state index is 14.4. The Morgan fingerprint density at radius 2 is 1.59 bits per heavy atom. The Labute approximate surface area is 256 Å². The van der Waals surface area contributed by atoms with Gasteiger partial charge in [-0.3, -0.25) is 14.5 Å². The smallest absolute Gasteiger partial charge is 0.322 e. The SMILES string of the molecule is CCN1C(=O)NC(c2cccc(Oc3ccccc3)c2)C2=C1CN(C(Cc1ccccc1)C(=O)Nc1ccc(C)cc1)C2=O. The zero-order valence-corrected chi connectivity index (χ0v) is 24.7. The summed E-state index contributed by atoms with van der Waals surface area (Å²) in [5.41, 5.74) is 4.46. The molecule has 0 saturated heterocycles. The van der Waals surface area contributed by atoms with Gasteiger partial charge in [-0.15, -0.1) is 0 Å². The van der Waals surface area contributed by atoms with Crippen molar-refractivity contribution >= 4 is 23.5 Å². The van der Waals surface area contributed by atoms with Crippen LogP contribution in [0.3, 0.4) is 0 Å². The lowest BCUT2D eigenvalue weighted by atomic mass is 9.95. The number of amides is 4. The molecule has 0 bridgehead atoms. The van der Waals surface area contributed by atoms with Crippen LogP contribution < -0.4 is 15.4 Å². The number of anilines is 1. The van der Waals surface area contributed by atoms with Crippen molar-refractivity contribution in [2.75, 3.05) is 18.4 Å². The van der Waals surface area contributed by atoms with Gasteiger partial charge >= 0.3 is 6.03 Å². The average Bonchev–Trinajstić information content (AvgIpc) is 3.38. The van der Waals surface area contributed by atoms with Gasteiger partial charge in [-0.1, -0.05) is 78.4 Å². The summed E-state index contributed by atoms with van der Waals surface area (Å²) in [5, 5.41) is 6.05. The number of nitrogens with zero attached hydrogens (tertiary/aromatic N) is 2. The molecule has 0 aliphatic carbocycles. The summed E-state index contributed by atoms with van der Waals surface area (Å²) < 4.78 is 6.05. The van der Waals surface area contributed by atoms with Gasteiger partial charge in [0.05, 0.1) is 23.9 Å². The number of carbonyl (C=O) groups excluding carboxylic acids is 3. The van der Waals surface area contributed by atoms with Crippen LogP contribution in [0.2, 0.25) is 0 Å². The summed E-state index contributed by atoms with van der Waals surface area (Å²) in [6.45, 7) is 4.38. The molecule has 2 unspecified atom stereocenters. The topological polar surface area (TPSA) is 91.0 Å². The van der Waals surface area contributed by atoms with Crippen molar-refractivity contribution in [3.05, 3.63) is 137 Å². The van der Waals surface area contributed by atoms with Gasteiger partial charge in [0.2, 0.25) is 5.91 Å². The quantitative estimate of drug-likeness (QED) is 0.244. The minimum Gasteiger partial charge on any atom is -0.457 e. The highest BCUT2D eigenvalue weighted by Gasteiger charge is 2.47. The third-order valence-corrected chi connectivity index (χ3v) is 8.01. The lowest BCUT2D eigenvalue weighted by Gasteiger charge is -2.33. The summed E-state index contributed by atoms with van der Waals surface area (Å²) in [7, 11) is 0. The molecule has 4 amide bonds. The number of likely N-dealkylation sites (N-methyl/N-ethyl adjacent to an activating group) is 1. The second-order valence-electron chi connectivity index (χ2n) is 11.0. The first-order valence-corrected chi connectivity index (χ1v) is 14.8. The minimum absolute atomic E-state index is 0.144. The van der Waals surface area contributed by atoms with Gasteiger partial charge in [0, 0.05) is 18.7 Å². The van der Waals surface area contributed by atoms with Gasteiger partial charge in [-0.2, -0.15) is 0 Å². The molecule has 222 valence electrons. The van der Waals surface area contributed by atoms with Crippen LogP contribution in [-0.4, -0.2) is 46.8 Å². The first-order valence-electron chi connectivity index (χ1n) is 14.8. The van der Waals surface area contributed by atoms with E-state index in [1.165, 1.54) is 0 Å². The lowest BCUT2D eigenvalue weighted by molar-refractivity contribution is -0.134. The Morgan fingerprint density at radius 1 is 0.909 bits per heavy atom. The molecule has 0 fully saturated rings. The Bertz CT molecular complexity index is 1700. The summed E-state index contributed by atoms with van der Waals surface area (Å²) >= 11 is 0. The molecule has 2 aliphatic rings. The number of ether oxygens (including phenoxy) is 1. The molecule has 2 heterocycles. The Hall–Kier alpha value is -5.37. The maximum atomic E-state index is 14.4. The normalized spacial score (nSPS) is 16.8. The molecule has 2 atom stereocenters. The minimum atomic E-state index is -0.806. The molecule has 4 aromatic rings. The fraction of sp³-hybridized carbons (Fsp3) is 0.194. The fourth-order valence-electron chi connectivity index (χ4n) is 5.78. The molecule has 8 nitrogen and oxygen atoms in total. The number of hydrogen-bond acceptors (Lipinski definition) is 4. The van der Waals surface area contributed by atoms with Crippen LogP contribution in [-0.2, 0) is 16.0 Å². The van der Waals surface area contributed by atoms with E-state index in [-0.39, 0.29) is 24.4 Å². The number of carbonyl (C=O) groups is 3. The number of nitrogens with one attached hydrogen (secondary N) is 2. The largest absolute Gasteiger partial charge is 0.457 e. The van der Waals surface area contributed by atoms with E-state index in [0.717, 1.165) is 11.1 Å². The zero-order valence-electron chi connectivity index (χ0n) is 24.7. The predicted octanol–water partition coefficient (Wildman–Crippen LogP) is 6.22. The highest BCUT2D eigenvalue weighted by Crippen LogP contribution is 2.38. The van der Waals surface area contributed by atoms with Gasteiger partial charge in [0.1, 0.15) is 17.5 Å². The van der Waals surface area contributed by atoms with E-state index in [4.69, 9.17) is 4.74 Å². The van der Waals surface area contributed by atoms with Crippen molar-refractivity contribution in [3.8, 4) is 11.5 Å². The van der Waals surface area contributed by atoms with Crippen LogP contribution in [0.15, 0.2) is 120 Å². The molecule has 6 rings (SSSR count). The number of para-hydroxylation sites is 1. The molecular weight excluding hydrogens is 552 g/mol. The molecule has 0 radical (unpaired) electrons. The number of aryl methyl sites for hydroxylation is 1. The molecule has 0 saturated carbocycles. The van der Waals surface area contributed by atoms with Crippen LogP contribution in [0.4, 0.5) is 10.5 Å². The third kappa shape index (κ3) is 5.92. The number of rotatable bonds is 9. The second-order valence-corrected chi connectivity index (χ2v) is 11.0. The maximum Gasteiger partial charge on any atom is 0.322 e. The van der Waals surface area contributed by atoms with Gasteiger partial charge in [0.25, 0.3) is 5.91 Å². The summed E-state index contributed by atoms with van der Waals surface area (Å²) in [5.74, 6) is 0.700. The first kappa shape index (κ1) is 28.7. The molecule has 4 aromatic carbocycles. The Kier molecular flexibility index (Phi) is 8.14. The first-order chi connectivity index (χ1) is 21.4. The van der Waals surface area contributed by atoms with E-state index >= 15 is 0 Å². The van der Waals surface area contributed by atoms with Crippen molar-refractivity contribution in [2.45, 2.75) is 32.4 Å². The van der Waals surface area contributed by atoms with Crippen molar-refractivity contribution in [1.29, 1.82) is 0 Å². The Morgan fingerprint density at radius 3 is 2.30 bits per heavy atom. The fourth-order valence-corrected chi connectivity index (χ4v) is 5.78. The molecular formula is C36H34N4O4. The van der Waals surface area contributed by atoms with E-state index < -0.39 is 12.1 Å². The predicted molar refractivity (Wildman–Crippen MR) is 169 cm³/mol. The standard InChI is InChI=1S/C36H34N4O4/c1-3-39-31-23-40(30(21-25-11-6-4-7-12-25)34(41)37-27-19-17-24(2)18-20-27)35(42)32(31)33(38-36(39)43)26-13-10-16-29(22-26)44-28-14-8-5-9-15-28/h4-20,22,30,33H,3,21,23H2,1-2H3,(H,37,41)(H,38,43). The van der Waals surface area contributed by atoms with Gasteiger partial charge in [-0.05, 0) is 61.4 Å². The van der Waals surface area contributed by atoms with Crippen LogP contribution in [0.1, 0.15) is 29.7 Å². The third-order valence-electron chi connectivity index (χ3n) is 8.01. The lowest BCUT2D eigenvalue weighted by Crippen LogP contribution is -2.47. The van der Waals surface area contributed by atoms with Crippen molar-refractivity contribution in [3.63, 3.8) is 0 Å². The number of benzene rings is 4. The monoisotopic (exact) mass is 586 g/mol. The molecule has 44 heavy (non-hydrogen) atoms. The molecule has 2 aliphatic heterocycles. The number of hydrogen-bond donors (Lipinski definition) is 2. The van der Waals surface area contributed by atoms with Crippen LogP contribution in [0.25, 0.3) is 0 Å².